The van der Waals surface area contributed by atoms with Crippen LogP contribution < -0.4 is 5.32 Å². The van der Waals surface area contributed by atoms with Crippen molar-refractivity contribution in [2.24, 2.45) is 0 Å². The fraction of sp³-hybridized carbons (Fsp3) is 0.333. The summed E-state index contributed by atoms with van der Waals surface area (Å²) in [5.41, 5.74) is 0. The molecule has 1 aromatic rings. The molecule has 0 spiro atoms. The molecule has 0 radical (unpaired) electrons. The van der Waals surface area contributed by atoms with Crippen molar-refractivity contribution in [2.45, 2.75) is 24.3 Å². The van der Waals surface area contributed by atoms with Gasteiger partial charge in [-0.15, -0.1) is 0 Å². The van der Waals surface area contributed by atoms with Gasteiger partial charge in [-0.2, -0.15) is 0 Å². The zero-order valence-electron chi connectivity index (χ0n) is 10.4. The second-order valence-corrected chi connectivity index (χ2v) is 6.12. The second-order valence-electron chi connectivity index (χ2n) is 4.01. The van der Waals surface area contributed by atoms with Crippen molar-refractivity contribution >= 4 is 21.7 Å². The predicted octanol–water partition coefficient (Wildman–Crippen LogP) is 0.440. The first-order valence-corrected chi connectivity index (χ1v) is 7.26. The molecule has 0 bridgehead atoms. The number of hydrogen-bond donors (Lipinski definition) is 2. The minimum absolute atomic E-state index is 0.141. The number of rotatable bonds is 6. The van der Waals surface area contributed by atoms with Crippen LogP contribution in [0.4, 0.5) is 0 Å². The highest BCUT2D eigenvalue weighted by molar-refractivity contribution is 7.91. The summed E-state index contributed by atoms with van der Waals surface area (Å²) in [6, 6.07) is 6.57. The zero-order valence-corrected chi connectivity index (χ0v) is 11.2. The molecule has 0 aliphatic rings. The molecule has 1 amide bonds. The molecule has 1 atom stereocenters. The summed E-state index contributed by atoms with van der Waals surface area (Å²) in [5.74, 6) is -2.10. The van der Waals surface area contributed by atoms with E-state index in [1.54, 1.807) is 18.2 Å². The molecule has 104 valence electrons. The van der Waals surface area contributed by atoms with Crippen LogP contribution in [0.2, 0.25) is 0 Å². The van der Waals surface area contributed by atoms with Crippen LogP contribution in [-0.2, 0) is 19.4 Å². The molecule has 19 heavy (non-hydrogen) atoms. The number of carboxylic acid groups (broad SMARTS) is 1. The zero-order chi connectivity index (χ0) is 14.5. The van der Waals surface area contributed by atoms with E-state index in [0.717, 1.165) is 0 Å². The Kier molecular flexibility index (Phi) is 5.05. The van der Waals surface area contributed by atoms with Gasteiger partial charge in [0.2, 0.25) is 5.91 Å². The van der Waals surface area contributed by atoms with Crippen LogP contribution in [0.1, 0.15) is 13.3 Å². The van der Waals surface area contributed by atoms with E-state index in [-0.39, 0.29) is 17.1 Å². The van der Waals surface area contributed by atoms with Crippen LogP contribution in [0.3, 0.4) is 0 Å². The van der Waals surface area contributed by atoms with Crippen molar-refractivity contribution in [3.05, 3.63) is 30.3 Å². The van der Waals surface area contributed by atoms with Crippen molar-refractivity contribution in [2.75, 3.05) is 5.75 Å². The number of amides is 1. The summed E-state index contributed by atoms with van der Waals surface area (Å²) in [7, 11) is -3.54. The molecule has 0 aliphatic carbocycles. The van der Waals surface area contributed by atoms with E-state index in [2.05, 4.69) is 5.32 Å². The maximum Gasteiger partial charge on any atom is 0.326 e. The van der Waals surface area contributed by atoms with Crippen molar-refractivity contribution in [1.82, 2.24) is 5.32 Å². The van der Waals surface area contributed by atoms with E-state index in [0.29, 0.717) is 0 Å². The number of carbonyl (C=O) groups excluding carboxylic acids is 1. The molecule has 0 heterocycles. The summed E-state index contributed by atoms with van der Waals surface area (Å²) >= 11 is 0. The molecular formula is C12H15NO5S. The van der Waals surface area contributed by atoms with Gasteiger partial charge < -0.3 is 10.4 Å². The molecule has 6 nitrogen and oxygen atoms in total. The first-order chi connectivity index (χ1) is 8.83. The normalized spacial score (nSPS) is 12.7. The Bertz CT molecular complexity index is 553. The van der Waals surface area contributed by atoms with Gasteiger partial charge in [0.25, 0.3) is 0 Å². The molecule has 0 saturated heterocycles. The molecule has 0 aromatic heterocycles. The molecule has 7 heteroatoms. The number of carboxylic acids is 1. The molecular weight excluding hydrogens is 270 g/mol. The van der Waals surface area contributed by atoms with E-state index in [9.17, 15) is 18.0 Å². The number of nitrogens with one attached hydrogen (secondary N) is 1. The Morgan fingerprint density at radius 2 is 1.84 bits per heavy atom. The smallest absolute Gasteiger partial charge is 0.326 e. The molecule has 1 aromatic carbocycles. The summed E-state index contributed by atoms with van der Waals surface area (Å²) in [6.07, 6.45) is -0.174. The fourth-order valence-electron chi connectivity index (χ4n) is 1.52. The minimum atomic E-state index is -3.54. The number of benzene rings is 1. The van der Waals surface area contributed by atoms with E-state index >= 15 is 0 Å². The Hall–Kier alpha value is -1.89. The van der Waals surface area contributed by atoms with Crippen LogP contribution in [-0.4, -0.2) is 37.2 Å². The quantitative estimate of drug-likeness (QED) is 0.790. The average molecular weight is 285 g/mol. The largest absolute Gasteiger partial charge is 0.480 e. The van der Waals surface area contributed by atoms with Crippen molar-refractivity contribution in [3.63, 3.8) is 0 Å². The topological polar surface area (TPSA) is 101 Å². The van der Waals surface area contributed by atoms with Crippen LogP contribution in [0.5, 0.6) is 0 Å². The summed E-state index contributed by atoms with van der Waals surface area (Å²) in [4.78, 5) is 21.8. The van der Waals surface area contributed by atoms with Gasteiger partial charge in [-0.3, -0.25) is 4.79 Å². The van der Waals surface area contributed by atoms with Gasteiger partial charge in [-0.25, -0.2) is 13.2 Å². The fourth-order valence-corrected chi connectivity index (χ4v) is 2.87. The highest BCUT2D eigenvalue weighted by Gasteiger charge is 2.22. The minimum Gasteiger partial charge on any atom is -0.480 e. The molecule has 1 rings (SSSR count). The SMILES string of the molecule is CC(=O)N[C@H](CCS(=O)(=O)c1ccccc1)C(=O)O. The summed E-state index contributed by atoms with van der Waals surface area (Å²) < 4.78 is 23.9. The Morgan fingerprint density at radius 1 is 1.26 bits per heavy atom. The van der Waals surface area contributed by atoms with Crippen LogP contribution in [0.15, 0.2) is 35.2 Å². The predicted molar refractivity (Wildman–Crippen MR) is 68.4 cm³/mol. The average Bonchev–Trinajstić information content (AvgIpc) is 2.35. The second kappa shape index (κ2) is 6.33. The van der Waals surface area contributed by atoms with Gasteiger partial charge >= 0.3 is 5.97 Å². The van der Waals surface area contributed by atoms with Crippen LogP contribution >= 0.6 is 0 Å². The molecule has 0 aliphatic heterocycles. The Labute approximate surface area is 111 Å². The first kappa shape index (κ1) is 15.2. The summed E-state index contributed by atoms with van der Waals surface area (Å²) in [6.45, 7) is 1.18. The van der Waals surface area contributed by atoms with Gasteiger partial charge in [-0.05, 0) is 18.6 Å². The van der Waals surface area contributed by atoms with Crippen molar-refractivity contribution in [3.8, 4) is 0 Å². The lowest BCUT2D eigenvalue weighted by molar-refractivity contribution is -0.141. The van der Waals surface area contributed by atoms with Gasteiger partial charge in [0.15, 0.2) is 9.84 Å². The van der Waals surface area contributed by atoms with E-state index in [4.69, 9.17) is 5.11 Å². The monoisotopic (exact) mass is 285 g/mol. The molecule has 0 fully saturated rings. The Morgan fingerprint density at radius 3 is 2.32 bits per heavy atom. The van der Waals surface area contributed by atoms with E-state index < -0.39 is 27.8 Å². The van der Waals surface area contributed by atoms with Crippen LogP contribution in [0.25, 0.3) is 0 Å². The highest BCUT2D eigenvalue weighted by atomic mass is 32.2. The number of carbonyl (C=O) groups is 2. The third-order valence-electron chi connectivity index (χ3n) is 2.45. The van der Waals surface area contributed by atoms with Crippen molar-refractivity contribution in [1.29, 1.82) is 0 Å². The van der Waals surface area contributed by atoms with Gasteiger partial charge in [0.05, 0.1) is 10.6 Å². The van der Waals surface area contributed by atoms with E-state index in [1.165, 1.54) is 19.1 Å². The maximum atomic E-state index is 11.9. The van der Waals surface area contributed by atoms with Crippen LogP contribution in [0, 0.1) is 0 Å². The lowest BCUT2D eigenvalue weighted by Crippen LogP contribution is -2.40. The van der Waals surface area contributed by atoms with Crippen molar-refractivity contribution < 1.29 is 23.1 Å². The lowest BCUT2D eigenvalue weighted by Gasteiger charge is -2.13. The lowest BCUT2D eigenvalue weighted by atomic mass is 10.2. The van der Waals surface area contributed by atoms with Gasteiger partial charge in [0.1, 0.15) is 6.04 Å². The first-order valence-electron chi connectivity index (χ1n) is 5.60. The maximum absolute atomic E-state index is 11.9. The standard InChI is InChI=1S/C12H15NO5S/c1-9(14)13-11(12(15)16)7-8-19(17,18)10-5-3-2-4-6-10/h2-6,11H,7-8H2,1H3,(H,13,14)(H,15,16)/t11-/m1/s1. The number of hydrogen-bond acceptors (Lipinski definition) is 4. The van der Waals surface area contributed by atoms with E-state index in [1.807, 2.05) is 0 Å². The number of sulfone groups is 1. The Balaban J connectivity index is 2.74. The molecule has 0 unspecified atom stereocenters. The number of aliphatic carboxylic acids is 1. The third kappa shape index (κ3) is 4.70. The summed E-state index contributed by atoms with van der Waals surface area (Å²) in [5, 5.41) is 11.1. The molecule has 2 N–H and O–H groups in total. The van der Waals surface area contributed by atoms with Gasteiger partial charge in [0, 0.05) is 6.92 Å². The third-order valence-corrected chi connectivity index (χ3v) is 4.22. The molecule has 0 saturated carbocycles. The highest BCUT2D eigenvalue weighted by Crippen LogP contribution is 2.12. The van der Waals surface area contributed by atoms with Gasteiger partial charge in [-0.1, -0.05) is 18.2 Å².